The van der Waals surface area contributed by atoms with Gasteiger partial charge in [-0.05, 0) is 24.7 Å². The Morgan fingerprint density at radius 1 is 1.31 bits per heavy atom. The van der Waals surface area contributed by atoms with Gasteiger partial charge in [0.25, 0.3) is 0 Å². The van der Waals surface area contributed by atoms with Crippen LogP contribution >= 0.6 is 11.8 Å². The molecular formula is C13H24N2S. The van der Waals surface area contributed by atoms with Crippen molar-refractivity contribution in [1.29, 1.82) is 0 Å². The van der Waals surface area contributed by atoms with Crippen LogP contribution in [-0.4, -0.2) is 23.0 Å². The van der Waals surface area contributed by atoms with E-state index in [1.807, 2.05) is 11.8 Å². The van der Waals surface area contributed by atoms with Crippen molar-refractivity contribution in [2.45, 2.75) is 64.2 Å². The smallest absolute Gasteiger partial charge is 0.157 e. The Bertz CT molecular complexity index is 262. The molecule has 2 nitrogen and oxygen atoms in total. The van der Waals surface area contributed by atoms with E-state index in [0.29, 0.717) is 16.7 Å². The Kier molecular flexibility index (Phi) is 3.83. The zero-order valence-corrected chi connectivity index (χ0v) is 11.6. The Labute approximate surface area is 104 Å². The van der Waals surface area contributed by atoms with Crippen molar-refractivity contribution in [3.8, 4) is 0 Å². The summed E-state index contributed by atoms with van der Waals surface area (Å²) < 4.78 is 0. The van der Waals surface area contributed by atoms with E-state index in [1.165, 1.54) is 37.3 Å². The molecule has 1 fully saturated rings. The van der Waals surface area contributed by atoms with Crippen molar-refractivity contribution in [3.63, 3.8) is 0 Å². The van der Waals surface area contributed by atoms with Gasteiger partial charge in [-0.3, -0.25) is 4.99 Å². The number of rotatable bonds is 2. The molecule has 0 spiro atoms. The molecule has 0 bridgehead atoms. The normalized spacial score (nSPS) is 27.2. The lowest BCUT2D eigenvalue weighted by atomic mass is 9.90. The third-order valence-corrected chi connectivity index (χ3v) is 4.36. The molecule has 0 aromatic carbocycles. The van der Waals surface area contributed by atoms with Crippen molar-refractivity contribution in [2.24, 2.45) is 10.4 Å². The van der Waals surface area contributed by atoms with Gasteiger partial charge in [0.2, 0.25) is 0 Å². The van der Waals surface area contributed by atoms with Gasteiger partial charge in [-0.25, -0.2) is 0 Å². The number of nitrogens with one attached hydrogen (secondary N) is 1. The Hall–Kier alpha value is -0.180. The minimum absolute atomic E-state index is 0.427. The maximum atomic E-state index is 4.63. The molecular weight excluding hydrogens is 216 g/mol. The predicted molar refractivity (Wildman–Crippen MR) is 73.1 cm³/mol. The van der Waals surface area contributed by atoms with E-state index in [1.54, 1.807) is 0 Å². The van der Waals surface area contributed by atoms with Crippen molar-refractivity contribution in [1.82, 2.24) is 5.32 Å². The van der Waals surface area contributed by atoms with Gasteiger partial charge < -0.3 is 5.32 Å². The first-order chi connectivity index (χ1) is 7.53. The average molecular weight is 240 g/mol. The topological polar surface area (TPSA) is 24.4 Å². The molecule has 16 heavy (non-hydrogen) atoms. The van der Waals surface area contributed by atoms with Crippen LogP contribution in [0.15, 0.2) is 4.99 Å². The van der Waals surface area contributed by atoms with Gasteiger partial charge >= 0.3 is 0 Å². The van der Waals surface area contributed by atoms with E-state index in [4.69, 9.17) is 0 Å². The minimum Gasteiger partial charge on any atom is -0.362 e. The van der Waals surface area contributed by atoms with Crippen LogP contribution in [0.3, 0.4) is 0 Å². The molecule has 1 aliphatic carbocycles. The molecule has 0 radical (unpaired) electrons. The Morgan fingerprint density at radius 3 is 2.62 bits per heavy atom. The van der Waals surface area contributed by atoms with E-state index in [-0.39, 0.29) is 0 Å². The number of hydrogen-bond donors (Lipinski definition) is 1. The van der Waals surface area contributed by atoms with Crippen molar-refractivity contribution in [3.05, 3.63) is 0 Å². The van der Waals surface area contributed by atoms with Crippen LogP contribution in [0.2, 0.25) is 0 Å². The molecule has 1 heterocycles. The maximum Gasteiger partial charge on any atom is 0.157 e. The molecule has 0 saturated heterocycles. The third kappa shape index (κ3) is 3.69. The summed E-state index contributed by atoms with van der Waals surface area (Å²) in [6.45, 7) is 7.96. The molecule has 1 unspecified atom stereocenters. The minimum atomic E-state index is 0.427. The predicted octanol–water partition coefficient (Wildman–Crippen LogP) is 3.43. The van der Waals surface area contributed by atoms with Gasteiger partial charge in [-0.2, -0.15) is 0 Å². The quantitative estimate of drug-likeness (QED) is 0.799. The highest BCUT2D eigenvalue weighted by molar-refractivity contribution is 8.14. The van der Waals surface area contributed by atoms with Gasteiger partial charge in [0, 0.05) is 11.3 Å². The summed E-state index contributed by atoms with van der Waals surface area (Å²) in [6, 6.07) is 0.708. The van der Waals surface area contributed by atoms with Crippen LogP contribution in [0.4, 0.5) is 0 Å². The maximum absolute atomic E-state index is 4.63. The molecule has 0 amide bonds. The van der Waals surface area contributed by atoms with E-state index in [0.717, 1.165) is 6.54 Å². The summed E-state index contributed by atoms with van der Waals surface area (Å²) in [6.07, 6.45) is 6.71. The van der Waals surface area contributed by atoms with Crippen LogP contribution in [0.5, 0.6) is 0 Å². The molecule has 1 atom stereocenters. The SMILES string of the molecule is CC(C)(C)CC1CN=C(NC2CCCC2)S1. The highest BCUT2D eigenvalue weighted by Gasteiger charge is 2.26. The Balaban J connectivity index is 1.74. The zero-order valence-electron chi connectivity index (χ0n) is 10.8. The van der Waals surface area contributed by atoms with Crippen molar-refractivity contribution < 1.29 is 0 Å². The summed E-state index contributed by atoms with van der Waals surface area (Å²) in [4.78, 5) is 4.63. The van der Waals surface area contributed by atoms with E-state index in [9.17, 15) is 0 Å². The highest BCUT2D eigenvalue weighted by atomic mass is 32.2. The average Bonchev–Trinajstić information content (AvgIpc) is 2.75. The van der Waals surface area contributed by atoms with Crippen LogP contribution in [0, 0.1) is 5.41 Å². The number of nitrogens with zero attached hydrogens (tertiary/aromatic N) is 1. The van der Waals surface area contributed by atoms with Gasteiger partial charge in [0.15, 0.2) is 5.17 Å². The fourth-order valence-corrected chi connectivity index (χ4v) is 3.96. The lowest BCUT2D eigenvalue weighted by molar-refractivity contribution is 0.375. The summed E-state index contributed by atoms with van der Waals surface area (Å²) in [7, 11) is 0. The fourth-order valence-electron chi connectivity index (χ4n) is 2.53. The molecule has 92 valence electrons. The first-order valence-electron chi connectivity index (χ1n) is 6.50. The van der Waals surface area contributed by atoms with Gasteiger partial charge in [-0.15, -0.1) is 0 Å². The van der Waals surface area contributed by atoms with Gasteiger partial charge in [-0.1, -0.05) is 45.4 Å². The number of hydrogen-bond acceptors (Lipinski definition) is 3. The molecule has 1 saturated carbocycles. The number of amidine groups is 1. The fraction of sp³-hybridized carbons (Fsp3) is 0.923. The molecule has 3 heteroatoms. The molecule has 1 N–H and O–H groups in total. The second kappa shape index (κ2) is 4.99. The molecule has 2 rings (SSSR count). The van der Waals surface area contributed by atoms with Gasteiger partial charge in [0.1, 0.15) is 0 Å². The van der Waals surface area contributed by atoms with E-state index < -0.39 is 0 Å². The largest absolute Gasteiger partial charge is 0.362 e. The molecule has 0 aromatic rings. The first-order valence-corrected chi connectivity index (χ1v) is 7.38. The summed E-state index contributed by atoms with van der Waals surface area (Å²) in [5.74, 6) is 0. The third-order valence-electron chi connectivity index (χ3n) is 3.24. The van der Waals surface area contributed by atoms with Crippen molar-refractivity contribution in [2.75, 3.05) is 6.54 Å². The molecule has 1 aliphatic heterocycles. The van der Waals surface area contributed by atoms with Crippen LogP contribution in [0.25, 0.3) is 0 Å². The second-order valence-electron chi connectivity index (χ2n) is 6.28. The molecule has 2 aliphatic rings. The second-order valence-corrected chi connectivity index (χ2v) is 7.57. The highest BCUT2D eigenvalue weighted by Crippen LogP contribution is 2.32. The van der Waals surface area contributed by atoms with E-state index in [2.05, 4.69) is 31.1 Å². The number of aliphatic imine (C=N–C) groups is 1. The zero-order chi connectivity index (χ0) is 11.6. The van der Waals surface area contributed by atoms with Gasteiger partial charge in [0.05, 0.1) is 6.54 Å². The number of thioether (sulfide) groups is 1. The van der Waals surface area contributed by atoms with E-state index >= 15 is 0 Å². The van der Waals surface area contributed by atoms with Crippen LogP contribution in [0.1, 0.15) is 52.9 Å². The summed E-state index contributed by atoms with van der Waals surface area (Å²) in [5, 5.41) is 5.51. The lowest BCUT2D eigenvalue weighted by Gasteiger charge is -2.22. The Morgan fingerprint density at radius 2 is 2.00 bits per heavy atom. The first kappa shape index (κ1) is 12.3. The monoisotopic (exact) mass is 240 g/mol. The summed E-state index contributed by atoms with van der Waals surface area (Å²) in [5.41, 5.74) is 0.427. The van der Waals surface area contributed by atoms with Crippen molar-refractivity contribution >= 4 is 16.9 Å². The summed E-state index contributed by atoms with van der Waals surface area (Å²) >= 11 is 1.96. The standard InChI is InChI=1S/C13H24N2S/c1-13(2,3)8-11-9-14-12(16-11)15-10-6-4-5-7-10/h10-11H,4-9H2,1-3H3,(H,14,15). The lowest BCUT2D eigenvalue weighted by Crippen LogP contribution is -2.30. The molecule has 0 aromatic heterocycles. The van der Waals surface area contributed by atoms with Crippen LogP contribution in [-0.2, 0) is 0 Å². The van der Waals surface area contributed by atoms with Crippen LogP contribution < -0.4 is 5.32 Å².